The summed E-state index contributed by atoms with van der Waals surface area (Å²) >= 11 is 6.09. The molecule has 0 aromatic heterocycles. The SMILES string of the molecule is NCC1CC(c2ccccc2Cl)C1. The Morgan fingerprint density at radius 1 is 1.31 bits per heavy atom. The van der Waals surface area contributed by atoms with Crippen LogP contribution < -0.4 is 5.73 Å². The van der Waals surface area contributed by atoms with Gasteiger partial charge in [0, 0.05) is 5.02 Å². The molecule has 2 heteroatoms. The third-order valence-electron chi connectivity index (χ3n) is 2.91. The normalized spacial score (nSPS) is 26.9. The highest BCUT2D eigenvalue weighted by atomic mass is 35.5. The summed E-state index contributed by atoms with van der Waals surface area (Å²) in [7, 11) is 0. The van der Waals surface area contributed by atoms with E-state index >= 15 is 0 Å². The van der Waals surface area contributed by atoms with Gasteiger partial charge in [-0.25, -0.2) is 0 Å². The van der Waals surface area contributed by atoms with Gasteiger partial charge in [0.25, 0.3) is 0 Å². The van der Waals surface area contributed by atoms with E-state index in [-0.39, 0.29) is 0 Å². The van der Waals surface area contributed by atoms with E-state index < -0.39 is 0 Å². The molecule has 0 bridgehead atoms. The standard InChI is InChI=1S/C11H14ClN/c12-11-4-2-1-3-10(11)9-5-8(6-9)7-13/h1-4,8-9H,5-7,13H2. The van der Waals surface area contributed by atoms with Gasteiger partial charge in [-0.15, -0.1) is 0 Å². The minimum Gasteiger partial charge on any atom is -0.330 e. The molecule has 1 aromatic carbocycles. The Morgan fingerprint density at radius 2 is 2.00 bits per heavy atom. The summed E-state index contributed by atoms with van der Waals surface area (Å²) in [5, 5.41) is 0.906. The molecule has 2 rings (SSSR count). The third kappa shape index (κ3) is 1.72. The van der Waals surface area contributed by atoms with Gasteiger partial charge in [-0.2, -0.15) is 0 Å². The average Bonchev–Trinajstić information content (AvgIpc) is 2.06. The maximum Gasteiger partial charge on any atom is 0.0440 e. The Morgan fingerprint density at radius 3 is 2.62 bits per heavy atom. The molecule has 1 fully saturated rings. The maximum absolute atomic E-state index is 6.09. The van der Waals surface area contributed by atoms with Crippen molar-refractivity contribution in [2.45, 2.75) is 18.8 Å². The molecule has 1 aliphatic rings. The molecule has 0 atom stereocenters. The van der Waals surface area contributed by atoms with Crippen molar-refractivity contribution in [3.8, 4) is 0 Å². The van der Waals surface area contributed by atoms with Crippen LogP contribution in [-0.2, 0) is 0 Å². The van der Waals surface area contributed by atoms with Gasteiger partial charge in [0.1, 0.15) is 0 Å². The monoisotopic (exact) mass is 195 g/mol. The van der Waals surface area contributed by atoms with E-state index in [0.29, 0.717) is 5.92 Å². The van der Waals surface area contributed by atoms with Gasteiger partial charge in [-0.1, -0.05) is 29.8 Å². The number of nitrogens with two attached hydrogens (primary N) is 1. The van der Waals surface area contributed by atoms with Crippen LogP contribution in [-0.4, -0.2) is 6.54 Å². The third-order valence-corrected chi connectivity index (χ3v) is 3.26. The van der Waals surface area contributed by atoms with Crippen LogP contribution in [0.3, 0.4) is 0 Å². The van der Waals surface area contributed by atoms with Crippen molar-refractivity contribution in [2.24, 2.45) is 11.7 Å². The fourth-order valence-electron chi connectivity index (χ4n) is 1.99. The van der Waals surface area contributed by atoms with Crippen molar-refractivity contribution >= 4 is 11.6 Å². The fraction of sp³-hybridized carbons (Fsp3) is 0.455. The predicted octanol–water partition coefficient (Wildman–Crippen LogP) is 2.79. The Bertz CT molecular complexity index is 292. The minimum atomic E-state index is 0.655. The molecule has 1 aliphatic carbocycles. The van der Waals surface area contributed by atoms with Gasteiger partial charge >= 0.3 is 0 Å². The first kappa shape index (κ1) is 9.04. The first-order valence-electron chi connectivity index (χ1n) is 4.75. The Labute approximate surface area is 83.9 Å². The Kier molecular flexibility index (Phi) is 2.56. The topological polar surface area (TPSA) is 26.0 Å². The average molecular weight is 196 g/mol. The number of rotatable bonds is 2. The molecule has 0 amide bonds. The van der Waals surface area contributed by atoms with Gasteiger partial charge in [-0.3, -0.25) is 0 Å². The van der Waals surface area contributed by atoms with E-state index in [2.05, 4.69) is 12.1 Å². The lowest BCUT2D eigenvalue weighted by atomic mass is 9.71. The highest BCUT2D eigenvalue weighted by Crippen LogP contribution is 2.43. The smallest absolute Gasteiger partial charge is 0.0440 e. The molecule has 0 heterocycles. The van der Waals surface area contributed by atoms with Crippen LogP contribution in [0.5, 0.6) is 0 Å². The molecule has 2 N–H and O–H groups in total. The number of benzene rings is 1. The zero-order chi connectivity index (χ0) is 9.26. The van der Waals surface area contributed by atoms with E-state index in [9.17, 15) is 0 Å². The minimum absolute atomic E-state index is 0.655. The number of hydrogen-bond acceptors (Lipinski definition) is 1. The van der Waals surface area contributed by atoms with Crippen molar-refractivity contribution in [3.63, 3.8) is 0 Å². The first-order chi connectivity index (χ1) is 6.31. The summed E-state index contributed by atoms with van der Waals surface area (Å²) in [5.41, 5.74) is 6.88. The van der Waals surface area contributed by atoms with E-state index in [4.69, 9.17) is 17.3 Å². The fourth-order valence-corrected chi connectivity index (χ4v) is 2.28. The van der Waals surface area contributed by atoms with Gasteiger partial charge in [-0.05, 0) is 42.9 Å². The predicted molar refractivity (Wildman–Crippen MR) is 56.0 cm³/mol. The van der Waals surface area contributed by atoms with E-state index in [1.165, 1.54) is 18.4 Å². The summed E-state index contributed by atoms with van der Waals surface area (Å²) in [5.74, 6) is 1.38. The van der Waals surface area contributed by atoms with E-state index in [1.807, 2.05) is 12.1 Å². The molecule has 0 saturated heterocycles. The second-order valence-corrected chi connectivity index (χ2v) is 4.20. The molecule has 0 aliphatic heterocycles. The van der Waals surface area contributed by atoms with Crippen LogP contribution in [0.1, 0.15) is 24.3 Å². The summed E-state index contributed by atoms with van der Waals surface area (Å²) in [6, 6.07) is 8.12. The van der Waals surface area contributed by atoms with Crippen LogP contribution in [0.25, 0.3) is 0 Å². The van der Waals surface area contributed by atoms with Gasteiger partial charge in [0.05, 0.1) is 0 Å². The van der Waals surface area contributed by atoms with Crippen molar-refractivity contribution in [2.75, 3.05) is 6.54 Å². The van der Waals surface area contributed by atoms with Gasteiger partial charge in [0.2, 0.25) is 0 Å². The summed E-state index contributed by atoms with van der Waals surface area (Å²) < 4.78 is 0. The van der Waals surface area contributed by atoms with E-state index in [1.54, 1.807) is 0 Å². The summed E-state index contributed by atoms with van der Waals surface area (Å²) in [6.07, 6.45) is 2.42. The Hall–Kier alpha value is -0.530. The highest BCUT2D eigenvalue weighted by Gasteiger charge is 2.29. The first-order valence-corrected chi connectivity index (χ1v) is 5.13. The van der Waals surface area contributed by atoms with Crippen LogP contribution in [0.4, 0.5) is 0 Å². The molecular formula is C11H14ClN. The largest absolute Gasteiger partial charge is 0.330 e. The second kappa shape index (κ2) is 3.69. The Balaban J connectivity index is 2.07. The van der Waals surface area contributed by atoms with Crippen LogP contribution in [0, 0.1) is 5.92 Å². The van der Waals surface area contributed by atoms with Crippen molar-refractivity contribution in [3.05, 3.63) is 34.9 Å². The highest BCUT2D eigenvalue weighted by molar-refractivity contribution is 6.31. The zero-order valence-electron chi connectivity index (χ0n) is 7.54. The second-order valence-electron chi connectivity index (χ2n) is 3.79. The molecule has 1 aromatic rings. The maximum atomic E-state index is 6.09. The molecular weight excluding hydrogens is 182 g/mol. The number of halogens is 1. The van der Waals surface area contributed by atoms with Crippen LogP contribution in [0.2, 0.25) is 5.02 Å². The molecule has 1 saturated carbocycles. The molecule has 0 spiro atoms. The quantitative estimate of drug-likeness (QED) is 0.772. The lowest BCUT2D eigenvalue weighted by Crippen LogP contribution is -2.28. The summed E-state index contributed by atoms with van der Waals surface area (Å²) in [4.78, 5) is 0. The van der Waals surface area contributed by atoms with Gasteiger partial charge < -0.3 is 5.73 Å². The lowest BCUT2D eigenvalue weighted by molar-refractivity contribution is 0.272. The molecule has 0 unspecified atom stereocenters. The molecule has 0 radical (unpaired) electrons. The van der Waals surface area contributed by atoms with Crippen molar-refractivity contribution in [1.29, 1.82) is 0 Å². The molecule has 13 heavy (non-hydrogen) atoms. The van der Waals surface area contributed by atoms with Crippen molar-refractivity contribution < 1.29 is 0 Å². The summed E-state index contributed by atoms with van der Waals surface area (Å²) in [6.45, 7) is 0.820. The lowest BCUT2D eigenvalue weighted by Gasteiger charge is -2.35. The zero-order valence-corrected chi connectivity index (χ0v) is 8.30. The van der Waals surface area contributed by atoms with Gasteiger partial charge in [0.15, 0.2) is 0 Å². The van der Waals surface area contributed by atoms with E-state index in [0.717, 1.165) is 17.5 Å². The van der Waals surface area contributed by atoms with Crippen LogP contribution in [0.15, 0.2) is 24.3 Å². The molecule has 1 nitrogen and oxygen atoms in total. The number of hydrogen-bond donors (Lipinski definition) is 1. The van der Waals surface area contributed by atoms with Crippen molar-refractivity contribution in [1.82, 2.24) is 0 Å². The van der Waals surface area contributed by atoms with Crippen LogP contribution >= 0.6 is 11.6 Å². The molecule has 70 valence electrons.